The summed E-state index contributed by atoms with van der Waals surface area (Å²) < 4.78 is 13.3. The predicted octanol–water partition coefficient (Wildman–Crippen LogP) is 3.20. The highest BCUT2D eigenvalue weighted by Gasteiger charge is 2.51. The Labute approximate surface area is 116 Å². The number of nitrogens with one attached hydrogen (secondary N) is 1. The lowest BCUT2D eigenvalue weighted by molar-refractivity contribution is -0.118. The Morgan fingerprint density at radius 3 is 2.45 bits per heavy atom. The minimum absolute atomic E-state index is 0.131. The monoisotopic (exact) mass is 271 g/mol. The molecule has 1 aliphatic rings. The first-order chi connectivity index (χ1) is 9.62. The topological polar surface area (TPSA) is 49.3 Å². The molecule has 3 rings (SSSR count). The van der Waals surface area contributed by atoms with Gasteiger partial charge in [-0.3, -0.25) is 4.79 Å². The molecule has 102 valence electrons. The molecular formula is C16H14FNO2. The number of phenolic OH excluding ortho intramolecular Hbond substituents is 1. The summed E-state index contributed by atoms with van der Waals surface area (Å²) in [6, 6.07) is 13.4. The summed E-state index contributed by atoms with van der Waals surface area (Å²) in [4.78, 5) is 12.4. The highest BCUT2D eigenvalue weighted by atomic mass is 19.1. The van der Waals surface area contributed by atoms with Gasteiger partial charge in [-0.1, -0.05) is 30.3 Å². The molecule has 0 heterocycles. The minimum Gasteiger partial charge on any atom is -0.505 e. The van der Waals surface area contributed by atoms with Crippen LogP contribution in [0.25, 0.3) is 0 Å². The predicted molar refractivity (Wildman–Crippen MR) is 74.0 cm³/mol. The van der Waals surface area contributed by atoms with E-state index in [0.717, 1.165) is 24.5 Å². The van der Waals surface area contributed by atoms with Crippen molar-refractivity contribution in [3.8, 4) is 5.75 Å². The van der Waals surface area contributed by atoms with Crippen LogP contribution in [0.3, 0.4) is 0 Å². The highest BCUT2D eigenvalue weighted by Crippen LogP contribution is 2.48. The number of phenols is 1. The van der Waals surface area contributed by atoms with Gasteiger partial charge in [-0.25, -0.2) is 4.39 Å². The summed E-state index contributed by atoms with van der Waals surface area (Å²) in [6.45, 7) is 0. The minimum atomic E-state index is -0.743. The van der Waals surface area contributed by atoms with E-state index in [9.17, 15) is 9.18 Å². The van der Waals surface area contributed by atoms with Gasteiger partial charge in [0, 0.05) is 11.8 Å². The van der Waals surface area contributed by atoms with Gasteiger partial charge >= 0.3 is 0 Å². The van der Waals surface area contributed by atoms with E-state index in [1.807, 2.05) is 30.3 Å². The van der Waals surface area contributed by atoms with Crippen molar-refractivity contribution in [2.24, 2.45) is 0 Å². The van der Waals surface area contributed by atoms with Gasteiger partial charge in [-0.05, 0) is 30.5 Å². The van der Waals surface area contributed by atoms with Crippen LogP contribution in [0, 0.1) is 5.82 Å². The molecule has 0 aliphatic heterocycles. The highest BCUT2D eigenvalue weighted by molar-refractivity contribution is 6.01. The first kappa shape index (κ1) is 12.7. The SMILES string of the molecule is O=C(Nc1ccc(O)c(F)c1)C1(c2ccccc2)CC1. The van der Waals surface area contributed by atoms with Gasteiger partial charge in [0.2, 0.25) is 5.91 Å². The van der Waals surface area contributed by atoms with Gasteiger partial charge in [0.25, 0.3) is 0 Å². The van der Waals surface area contributed by atoms with Crippen LogP contribution < -0.4 is 5.32 Å². The largest absolute Gasteiger partial charge is 0.505 e. The lowest BCUT2D eigenvalue weighted by Gasteiger charge is -2.15. The summed E-state index contributed by atoms with van der Waals surface area (Å²) in [7, 11) is 0. The number of rotatable bonds is 3. The standard InChI is InChI=1S/C16H14FNO2/c17-13-10-12(6-7-14(13)19)18-15(20)16(8-9-16)11-4-2-1-3-5-11/h1-7,10,19H,8-9H2,(H,18,20). The average Bonchev–Trinajstić information content (AvgIpc) is 3.26. The maximum atomic E-state index is 13.3. The number of hydrogen-bond donors (Lipinski definition) is 2. The third-order valence-corrected chi connectivity index (χ3v) is 3.72. The fourth-order valence-corrected chi connectivity index (χ4v) is 2.36. The quantitative estimate of drug-likeness (QED) is 0.842. The van der Waals surface area contributed by atoms with Gasteiger partial charge in [-0.15, -0.1) is 0 Å². The van der Waals surface area contributed by atoms with Crippen molar-refractivity contribution >= 4 is 11.6 Å². The number of anilines is 1. The molecule has 2 aromatic carbocycles. The van der Waals surface area contributed by atoms with E-state index < -0.39 is 17.0 Å². The molecule has 3 nitrogen and oxygen atoms in total. The van der Waals surface area contributed by atoms with E-state index in [-0.39, 0.29) is 5.91 Å². The molecule has 0 spiro atoms. The Kier molecular flexibility index (Phi) is 2.93. The van der Waals surface area contributed by atoms with Crippen LogP contribution in [-0.4, -0.2) is 11.0 Å². The average molecular weight is 271 g/mol. The Bertz CT molecular complexity index is 651. The first-order valence-electron chi connectivity index (χ1n) is 6.47. The number of benzene rings is 2. The van der Waals surface area contributed by atoms with Crippen molar-refractivity contribution < 1.29 is 14.3 Å². The van der Waals surface area contributed by atoms with Gasteiger partial charge in [0.05, 0.1) is 5.41 Å². The van der Waals surface area contributed by atoms with E-state index in [2.05, 4.69) is 5.32 Å². The zero-order valence-corrected chi connectivity index (χ0v) is 10.8. The maximum Gasteiger partial charge on any atom is 0.235 e. The smallest absolute Gasteiger partial charge is 0.235 e. The normalized spacial score (nSPS) is 15.7. The third kappa shape index (κ3) is 2.13. The molecule has 0 atom stereocenters. The molecule has 0 bridgehead atoms. The number of amides is 1. The van der Waals surface area contributed by atoms with Gasteiger partial charge < -0.3 is 10.4 Å². The van der Waals surface area contributed by atoms with E-state index in [0.29, 0.717) is 5.69 Å². The van der Waals surface area contributed by atoms with E-state index >= 15 is 0 Å². The molecular weight excluding hydrogens is 257 g/mol. The molecule has 20 heavy (non-hydrogen) atoms. The lowest BCUT2D eigenvalue weighted by Crippen LogP contribution is -2.27. The van der Waals surface area contributed by atoms with Crippen molar-refractivity contribution in [3.63, 3.8) is 0 Å². The summed E-state index contributed by atoms with van der Waals surface area (Å²) in [5, 5.41) is 11.9. The van der Waals surface area contributed by atoms with Crippen molar-refractivity contribution in [1.29, 1.82) is 0 Å². The Balaban J connectivity index is 1.81. The molecule has 1 amide bonds. The summed E-state index contributed by atoms with van der Waals surface area (Å²) in [5.41, 5.74) is 0.847. The van der Waals surface area contributed by atoms with Crippen LogP contribution >= 0.6 is 0 Å². The van der Waals surface area contributed by atoms with Gasteiger partial charge in [0.15, 0.2) is 11.6 Å². The molecule has 1 saturated carbocycles. The van der Waals surface area contributed by atoms with Crippen molar-refractivity contribution in [1.82, 2.24) is 0 Å². The van der Waals surface area contributed by atoms with Gasteiger partial charge in [-0.2, -0.15) is 0 Å². The van der Waals surface area contributed by atoms with Crippen molar-refractivity contribution in [3.05, 3.63) is 59.9 Å². The third-order valence-electron chi connectivity index (χ3n) is 3.72. The maximum absolute atomic E-state index is 13.3. The molecule has 0 aromatic heterocycles. The zero-order valence-electron chi connectivity index (χ0n) is 10.8. The Morgan fingerprint density at radius 2 is 1.85 bits per heavy atom. The van der Waals surface area contributed by atoms with E-state index in [1.165, 1.54) is 12.1 Å². The van der Waals surface area contributed by atoms with Crippen LogP contribution in [0.4, 0.5) is 10.1 Å². The van der Waals surface area contributed by atoms with Crippen LogP contribution in [0.2, 0.25) is 0 Å². The molecule has 2 N–H and O–H groups in total. The number of hydrogen-bond acceptors (Lipinski definition) is 2. The van der Waals surface area contributed by atoms with Gasteiger partial charge in [0.1, 0.15) is 0 Å². The fraction of sp³-hybridized carbons (Fsp3) is 0.188. The molecule has 0 unspecified atom stereocenters. The fourth-order valence-electron chi connectivity index (χ4n) is 2.36. The van der Waals surface area contributed by atoms with Crippen molar-refractivity contribution in [2.45, 2.75) is 18.3 Å². The van der Waals surface area contributed by atoms with E-state index in [1.54, 1.807) is 0 Å². The van der Waals surface area contributed by atoms with Crippen LogP contribution in [-0.2, 0) is 10.2 Å². The number of halogens is 1. The summed E-state index contributed by atoms with van der Waals surface area (Å²) in [5.74, 6) is -1.30. The molecule has 1 aliphatic carbocycles. The molecule has 1 fully saturated rings. The Morgan fingerprint density at radius 1 is 1.15 bits per heavy atom. The Hall–Kier alpha value is -2.36. The van der Waals surface area contributed by atoms with Crippen LogP contribution in [0.5, 0.6) is 5.75 Å². The molecule has 4 heteroatoms. The second-order valence-electron chi connectivity index (χ2n) is 5.07. The van der Waals surface area contributed by atoms with Crippen LogP contribution in [0.1, 0.15) is 18.4 Å². The lowest BCUT2D eigenvalue weighted by atomic mass is 9.95. The number of carbonyl (C=O) groups is 1. The molecule has 0 saturated heterocycles. The number of aromatic hydroxyl groups is 1. The second-order valence-corrected chi connectivity index (χ2v) is 5.07. The summed E-state index contributed by atoms with van der Waals surface area (Å²) >= 11 is 0. The number of carbonyl (C=O) groups excluding carboxylic acids is 1. The first-order valence-corrected chi connectivity index (χ1v) is 6.47. The summed E-state index contributed by atoms with van der Waals surface area (Å²) in [6.07, 6.45) is 1.59. The second kappa shape index (κ2) is 4.63. The molecule has 2 aromatic rings. The van der Waals surface area contributed by atoms with Crippen molar-refractivity contribution in [2.75, 3.05) is 5.32 Å². The molecule has 0 radical (unpaired) electrons. The van der Waals surface area contributed by atoms with Crippen LogP contribution in [0.15, 0.2) is 48.5 Å². The zero-order chi connectivity index (χ0) is 14.2. The van der Waals surface area contributed by atoms with E-state index in [4.69, 9.17) is 5.11 Å².